The topological polar surface area (TPSA) is 20.3 Å². The first-order chi connectivity index (χ1) is 10.3. The van der Waals surface area contributed by atoms with Crippen LogP contribution in [-0.2, 0) is 0 Å². The van der Waals surface area contributed by atoms with Crippen LogP contribution < -0.4 is 0 Å². The zero-order valence-electron chi connectivity index (χ0n) is 11.8. The molecule has 3 rings (SSSR count). The Labute approximate surface area is 123 Å². The van der Waals surface area contributed by atoms with Crippen molar-refractivity contribution in [1.29, 1.82) is 0 Å². The predicted molar refractivity (Wildman–Crippen MR) is 67.9 cm³/mol. The van der Waals surface area contributed by atoms with Crippen LogP contribution in [0.5, 0.6) is 0 Å². The van der Waals surface area contributed by atoms with Gasteiger partial charge in [-0.3, -0.25) is 4.79 Å². The molecule has 120 valence electrons. The van der Waals surface area contributed by atoms with E-state index in [1.165, 1.54) is 0 Å². The van der Waals surface area contributed by atoms with Crippen molar-refractivity contribution in [3.63, 3.8) is 0 Å². The van der Waals surface area contributed by atoms with Crippen molar-refractivity contribution in [3.05, 3.63) is 34.6 Å². The van der Waals surface area contributed by atoms with E-state index in [2.05, 4.69) is 4.90 Å². The van der Waals surface area contributed by atoms with Crippen molar-refractivity contribution < 1.29 is 26.7 Å². The van der Waals surface area contributed by atoms with Crippen molar-refractivity contribution in [1.82, 2.24) is 4.90 Å². The molecule has 0 amide bonds. The fourth-order valence-corrected chi connectivity index (χ4v) is 3.65. The van der Waals surface area contributed by atoms with Crippen LogP contribution in [0.1, 0.15) is 36.0 Å². The molecule has 2 bridgehead atoms. The number of carbonyl (C=O) groups excluding carboxylic acids is 1. The number of carbonyl (C=O) groups is 1. The summed E-state index contributed by atoms with van der Waals surface area (Å²) < 4.78 is 67.0. The van der Waals surface area contributed by atoms with E-state index in [0.29, 0.717) is 12.8 Å². The minimum absolute atomic E-state index is 0.119. The maximum atomic E-state index is 13.7. The Morgan fingerprint density at radius 3 is 1.73 bits per heavy atom. The van der Waals surface area contributed by atoms with Gasteiger partial charge in [-0.2, -0.15) is 0 Å². The van der Waals surface area contributed by atoms with E-state index in [9.17, 15) is 26.7 Å². The van der Waals surface area contributed by atoms with Gasteiger partial charge in [0.25, 0.3) is 0 Å². The van der Waals surface area contributed by atoms with Gasteiger partial charge in [0, 0.05) is 18.0 Å². The summed E-state index contributed by atoms with van der Waals surface area (Å²) in [6.07, 6.45) is 2.51. The smallest absolute Gasteiger partial charge is 0.200 e. The Balaban J connectivity index is 1.97. The molecule has 2 unspecified atom stereocenters. The normalized spacial score (nSPS) is 28.2. The largest absolute Gasteiger partial charge is 0.300 e. The number of hydrogen-bond donors (Lipinski definition) is 0. The third-order valence-corrected chi connectivity index (χ3v) is 4.93. The first-order valence-corrected chi connectivity index (χ1v) is 7.10. The number of Topliss-reactive ketones (excluding diaryl/α,β-unsaturated/α-hetero) is 1. The van der Waals surface area contributed by atoms with E-state index >= 15 is 0 Å². The maximum Gasteiger partial charge on any atom is 0.200 e. The van der Waals surface area contributed by atoms with Crippen LogP contribution in [0.25, 0.3) is 0 Å². The van der Waals surface area contributed by atoms with E-state index in [1.54, 1.807) is 0 Å². The number of hydrogen-bond acceptors (Lipinski definition) is 2. The summed E-state index contributed by atoms with van der Waals surface area (Å²) in [6.45, 7) is 0. The fourth-order valence-electron chi connectivity index (χ4n) is 3.65. The minimum Gasteiger partial charge on any atom is -0.300 e. The molecule has 1 aromatic carbocycles. The molecular weight excluding hydrogens is 305 g/mol. The molecule has 2 fully saturated rings. The highest BCUT2D eigenvalue weighted by Gasteiger charge is 2.43. The lowest BCUT2D eigenvalue weighted by Gasteiger charge is -2.35. The lowest BCUT2D eigenvalue weighted by molar-refractivity contribution is 0.0755. The molecule has 7 heteroatoms. The Bertz CT molecular complexity index is 604. The second kappa shape index (κ2) is 5.30. The summed E-state index contributed by atoms with van der Waals surface area (Å²) in [4.78, 5) is 14.4. The summed E-state index contributed by atoms with van der Waals surface area (Å²) in [5.41, 5.74) is -1.30. The van der Waals surface area contributed by atoms with E-state index in [0.717, 1.165) is 12.8 Å². The van der Waals surface area contributed by atoms with Gasteiger partial charge in [0.2, 0.25) is 5.82 Å². The molecule has 2 aliphatic rings. The maximum absolute atomic E-state index is 13.7. The van der Waals surface area contributed by atoms with Gasteiger partial charge in [-0.25, -0.2) is 22.0 Å². The van der Waals surface area contributed by atoms with E-state index in [-0.39, 0.29) is 12.1 Å². The molecule has 0 saturated carbocycles. The summed E-state index contributed by atoms with van der Waals surface area (Å²) in [5, 5.41) is 0. The quantitative estimate of drug-likeness (QED) is 0.360. The number of piperidine rings is 1. The standard InChI is InChI=1S/C15H14F5NO/c1-21-7-2-3-8(21)5-6(4-7)15(22)9-10(16)12(18)14(20)13(19)11(9)17/h6-8H,2-5H2,1H3. The van der Waals surface area contributed by atoms with Crippen LogP contribution in [0.2, 0.25) is 0 Å². The Kier molecular flexibility index (Phi) is 3.71. The van der Waals surface area contributed by atoms with Crippen LogP contribution in [0, 0.1) is 35.0 Å². The molecule has 2 aliphatic heterocycles. The highest BCUT2D eigenvalue weighted by molar-refractivity contribution is 5.98. The summed E-state index contributed by atoms with van der Waals surface area (Å²) in [7, 11) is 1.92. The average Bonchev–Trinajstić information content (AvgIpc) is 2.72. The molecule has 0 aromatic heterocycles. The number of halogens is 5. The van der Waals surface area contributed by atoms with Gasteiger partial charge in [-0.15, -0.1) is 0 Å². The van der Waals surface area contributed by atoms with Gasteiger partial charge in [0.15, 0.2) is 29.1 Å². The average molecular weight is 319 g/mol. The molecule has 2 heterocycles. The highest BCUT2D eigenvalue weighted by Crippen LogP contribution is 2.39. The third kappa shape index (κ3) is 2.14. The molecule has 0 spiro atoms. The minimum atomic E-state index is -2.24. The first kappa shape index (κ1) is 15.4. The lowest BCUT2D eigenvalue weighted by Crippen LogP contribution is -2.42. The van der Waals surface area contributed by atoms with E-state index in [1.807, 2.05) is 7.05 Å². The van der Waals surface area contributed by atoms with E-state index < -0.39 is 46.4 Å². The second-order valence-electron chi connectivity index (χ2n) is 6.03. The zero-order valence-corrected chi connectivity index (χ0v) is 11.8. The van der Waals surface area contributed by atoms with Crippen LogP contribution >= 0.6 is 0 Å². The summed E-state index contributed by atoms with van der Waals surface area (Å²) in [6, 6.07) is 0.239. The lowest BCUT2D eigenvalue weighted by atomic mass is 9.84. The van der Waals surface area contributed by atoms with Crippen LogP contribution in [0.3, 0.4) is 0 Å². The zero-order chi connectivity index (χ0) is 16.2. The molecule has 0 aliphatic carbocycles. The van der Waals surface area contributed by atoms with Crippen molar-refractivity contribution in [2.45, 2.75) is 37.8 Å². The number of fused-ring (bicyclic) bond motifs is 2. The van der Waals surface area contributed by atoms with Crippen LogP contribution in [0.15, 0.2) is 0 Å². The van der Waals surface area contributed by atoms with Gasteiger partial charge in [-0.1, -0.05) is 0 Å². The monoisotopic (exact) mass is 319 g/mol. The molecule has 2 nitrogen and oxygen atoms in total. The van der Waals surface area contributed by atoms with Crippen molar-refractivity contribution in [2.75, 3.05) is 7.05 Å². The van der Waals surface area contributed by atoms with Crippen LogP contribution in [0.4, 0.5) is 22.0 Å². The van der Waals surface area contributed by atoms with Crippen molar-refractivity contribution >= 4 is 5.78 Å². The Hall–Kier alpha value is -1.50. The molecule has 2 atom stereocenters. The van der Waals surface area contributed by atoms with Crippen molar-refractivity contribution in [3.8, 4) is 0 Å². The number of rotatable bonds is 2. The van der Waals surface area contributed by atoms with Gasteiger partial charge in [-0.05, 0) is 32.7 Å². The van der Waals surface area contributed by atoms with Crippen LogP contribution in [-0.4, -0.2) is 29.8 Å². The first-order valence-electron chi connectivity index (χ1n) is 7.10. The predicted octanol–water partition coefficient (Wildman–Crippen LogP) is 3.44. The molecule has 1 aromatic rings. The van der Waals surface area contributed by atoms with Gasteiger partial charge in [0.1, 0.15) is 0 Å². The molecule has 2 saturated heterocycles. The molecular formula is C15H14F5NO. The van der Waals surface area contributed by atoms with Gasteiger partial charge in [0.05, 0.1) is 5.56 Å². The SMILES string of the molecule is CN1C2CCC1CC(C(=O)c1c(F)c(F)c(F)c(F)c1F)C2. The summed E-state index contributed by atoms with van der Waals surface area (Å²) >= 11 is 0. The van der Waals surface area contributed by atoms with E-state index in [4.69, 9.17) is 0 Å². The number of ketones is 1. The highest BCUT2D eigenvalue weighted by atomic mass is 19.2. The number of benzene rings is 1. The van der Waals surface area contributed by atoms with Gasteiger partial charge >= 0.3 is 0 Å². The Morgan fingerprint density at radius 1 is 0.864 bits per heavy atom. The molecule has 0 N–H and O–H groups in total. The molecule has 22 heavy (non-hydrogen) atoms. The second-order valence-corrected chi connectivity index (χ2v) is 6.03. The van der Waals surface area contributed by atoms with Crippen molar-refractivity contribution in [2.24, 2.45) is 5.92 Å². The third-order valence-electron chi connectivity index (χ3n) is 4.93. The Morgan fingerprint density at radius 2 is 1.27 bits per heavy atom. The van der Waals surface area contributed by atoms with Gasteiger partial charge < -0.3 is 4.90 Å². The summed E-state index contributed by atoms with van der Waals surface area (Å²) in [5.74, 6) is -12.1. The number of nitrogens with zero attached hydrogens (tertiary/aromatic N) is 1. The fraction of sp³-hybridized carbons (Fsp3) is 0.533. The molecule has 0 radical (unpaired) electrons.